The number of halogens is 1. The van der Waals surface area contributed by atoms with Crippen molar-refractivity contribution < 1.29 is 14.3 Å². The molecule has 166 valence electrons. The number of carbonyl (C=O) groups is 1. The minimum Gasteiger partial charge on any atom is -0.444 e. The zero-order valence-corrected chi connectivity index (χ0v) is 21.3. The Kier molecular flexibility index (Phi) is 6.88. The fourth-order valence-electron chi connectivity index (χ4n) is 3.39. The fourth-order valence-corrected chi connectivity index (χ4v) is 4.41. The summed E-state index contributed by atoms with van der Waals surface area (Å²) < 4.78 is 14.2. The summed E-state index contributed by atoms with van der Waals surface area (Å²) in [7, 11) is -1.18. The van der Waals surface area contributed by atoms with Crippen molar-refractivity contribution in [2.24, 2.45) is 0 Å². The topological polar surface area (TPSA) is 82.4 Å². The van der Waals surface area contributed by atoms with Gasteiger partial charge in [-0.1, -0.05) is 19.6 Å². The van der Waals surface area contributed by atoms with Gasteiger partial charge in [-0.15, -0.1) is 0 Å². The highest BCUT2D eigenvalue weighted by Gasteiger charge is 2.36. The molecule has 2 aromatic heterocycles. The van der Waals surface area contributed by atoms with Crippen LogP contribution in [-0.2, 0) is 16.2 Å². The van der Waals surface area contributed by atoms with Gasteiger partial charge in [-0.3, -0.25) is 9.47 Å². The lowest BCUT2D eigenvalue weighted by Crippen LogP contribution is -2.37. The van der Waals surface area contributed by atoms with E-state index in [0.29, 0.717) is 35.8 Å². The van der Waals surface area contributed by atoms with Gasteiger partial charge >= 0.3 is 6.09 Å². The lowest BCUT2D eigenvalue weighted by molar-refractivity contribution is 0.0205. The molecule has 0 spiro atoms. The van der Waals surface area contributed by atoms with E-state index in [1.54, 1.807) is 11.1 Å². The van der Waals surface area contributed by atoms with E-state index < -0.39 is 13.7 Å². The molecule has 0 radical (unpaired) electrons. The number of likely N-dealkylation sites (tertiary alicyclic amines) is 1. The van der Waals surface area contributed by atoms with Crippen LogP contribution in [0.3, 0.4) is 0 Å². The van der Waals surface area contributed by atoms with Crippen LogP contribution < -0.4 is 0 Å². The lowest BCUT2D eigenvalue weighted by atomic mass is 10.2. The number of fused-ring (bicyclic) bond motifs is 1. The smallest absolute Gasteiger partial charge is 0.410 e. The SMILES string of the molecule is CC(C)(C)OC(=O)N1CCCC1c1nc2nc(Br)cnc2n1COCC[Si](C)(C)C. The van der Waals surface area contributed by atoms with Crippen LogP contribution in [0.15, 0.2) is 10.8 Å². The third-order valence-corrected chi connectivity index (χ3v) is 6.94. The number of amides is 1. The standard InChI is InChI=1S/C20H32BrN5O3Si/c1-20(2,3)29-19(27)25-9-7-8-14(25)17-24-16-18(22-12-15(21)23-16)26(17)13-28-10-11-30(4,5)6/h12,14H,7-11,13H2,1-6H3. The van der Waals surface area contributed by atoms with Gasteiger partial charge in [0.05, 0.1) is 12.2 Å². The zero-order valence-electron chi connectivity index (χ0n) is 18.7. The van der Waals surface area contributed by atoms with Gasteiger partial charge in [-0.25, -0.2) is 19.7 Å². The molecule has 10 heteroatoms. The Morgan fingerprint density at radius 3 is 2.70 bits per heavy atom. The molecule has 0 bridgehead atoms. The van der Waals surface area contributed by atoms with Gasteiger partial charge in [0.25, 0.3) is 0 Å². The molecule has 0 aliphatic carbocycles. The monoisotopic (exact) mass is 497 g/mol. The van der Waals surface area contributed by atoms with Crippen molar-refractivity contribution in [1.29, 1.82) is 0 Å². The molecular formula is C20H32BrN5O3Si. The fraction of sp³-hybridized carbons (Fsp3) is 0.700. The van der Waals surface area contributed by atoms with Crippen molar-refractivity contribution in [3.05, 3.63) is 16.6 Å². The lowest BCUT2D eigenvalue weighted by Gasteiger charge is -2.28. The van der Waals surface area contributed by atoms with E-state index in [0.717, 1.165) is 24.7 Å². The second-order valence-electron chi connectivity index (χ2n) is 9.92. The molecule has 3 rings (SSSR count). The van der Waals surface area contributed by atoms with Crippen LogP contribution in [0.1, 0.15) is 45.5 Å². The summed E-state index contributed by atoms with van der Waals surface area (Å²) in [5.41, 5.74) is 0.666. The van der Waals surface area contributed by atoms with Crippen molar-refractivity contribution in [2.45, 2.75) is 77.7 Å². The molecule has 1 fully saturated rings. The summed E-state index contributed by atoms with van der Waals surface area (Å²) in [4.78, 5) is 28.3. The molecule has 1 atom stereocenters. The van der Waals surface area contributed by atoms with Gasteiger partial charge in [0.15, 0.2) is 11.3 Å². The summed E-state index contributed by atoms with van der Waals surface area (Å²) in [6, 6.07) is 0.898. The summed E-state index contributed by atoms with van der Waals surface area (Å²) in [6.45, 7) is 14.3. The van der Waals surface area contributed by atoms with Gasteiger partial charge < -0.3 is 9.47 Å². The third-order valence-electron chi connectivity index (χ3n) is 4.85. The van der Waals surface area contributed by atoms with Crippen molar-refractivity contribution in [3.8, 4) is 0 Å². The second kappa shape index (κ2) is 8.92. The Balaban J connectivity index is 1.88. The Bertz CT molecular complexity index is 906. The summed E-state index contributed by atoms with van der Waals surface area (Å²) in [5, 5.41) is 0. The first-order valence-corrected chi connectivity index (χ1v) is 14.9. The molecule has 8 nitrogen and oxygen atoms in total. The van der Waals surface area contributed by atoms with E-state index in [1.165, 1.54) is 0 Å². The van der Waals surface area contributed by atoms with Crippen LogP contribution in [0.5, 0.6) is 0 Å². The predicted octanol–water partition coefficient (Wildman–Crippen LogP) is 4.97. The number of nitrogens with zero attached hydrogens (tertiary/aromatic N) is 5. The van der Waals surface area contributed by atoms with Crippen molar-refractivity contribution >= 4 is 41.4 Å². The molecule has 2 aromatic rings. The van der Waals surface area contributed by atoms with Crippen LogP contribution in [0.4, 0.5) is 4.79 Å². The molecular weight excluding hydrogens is 466 g/mol. The first-order valence-electron chi connectivity index (χ1n) is 10.4. The van der Waals surface area contributed by atoms with E-state index in [-0.39, 0.29) is 12.1 Å². The Labute approximate surface area is 187 Å². The molecule has 1 amide bonds. The van der Waals surface area contributed by atoms with E-state index in [2.05, 4.69) is 45.5 Å². The number of rotatable bonds is 6. The van der Waals surface area contributed by atoms with E-state index in [4.69, 9.17) is 14.5 Å². The highest BCUT2D eigenvalue weighted by Crippen LogP contribution is 2.34. The average molecular weight is 498 g/mol. The molecule has 3 heterocycles. The maximum absolute atomic E-state index is 12.8. The summed E-state index contributed by atoms with van der Waals surface area (Å²) >= 11 is 3.37. The predicted molar refractivity (Wildman–Crippen MR) is 122 cm³/mol. The van der Waals surface area contributed by atoms with Gasteiger partial charge in [-0.05, 0) is 55.6 Å². The minimum atomic E-state index is -1.18. The van der Waals surface area contributed by atoms with Crippen LogP contribution >= 0.6 is 15.9 Å². The minimum absolute atomic E-state index is 0.185. The van der Waals surface area contributed by atoms with Gasteiger partial charge in [0.2, 0.25) is 0 Å². The largest absolute Gasteiger partial charge is 0.444 e. The van der Waals surface area contributed by atoms with Crippen LogP contribution in [0.25, 0.3) is 11.3 Å². The first kappa shape index (κ1) is 23.1. The quantitative estimate of drug-likeness (QED) is 0.413. The number of hydrogen-bond acceptors (Lipinski definition) is 6. The highest BCUT2D eigenvalue weighted by atomic mass is 79.9. The van der Waals surface area contributed by atoms with Crippen molar-refractivity contribution in [2.75, 3.05) is 13.2 Å². The second-order valence-corrected chi connectivity index (χ2v) is 16.4. The van der Waals surface area contributed by atoms with E-state index in [9.17, 15) is 4.79 Å². The number of aromatic nitrogens is 4. The van der Waals surface area contributed by atoms with Crippen LogP contribution in [-0.4, -0.2) is 57.3 Å². The molecule has 1 unspecified atom stereocenters. The Morgan fingerprint density at radius 2 is 2.03 bits per heavy atom. The Hall–Kier alpha value is -1.52. The maximum Gasteiger partial charge on any atom is 0.410 e. The highest BCUT2D eigenvalue weighted by molar-refractivity contribution is 9.10. The molecule has 0 aromatic carbocycles. The van der Waals surface area contributed by atoms with Crippen LogP contribution in [0.2, 0.25) is 25.7 Å². The van der Waals surface area contributed by atoms with Crippen molar-refractivity contribution in [1.82, 2.24) is 24.4 Å². The summed E-state index contributed by atoms with van der Waals surface area (Å²) in [6.07, 6.45) is 3.06. The number of carbonyl (C=O) groups excluding carboxylic acids is 1. The van der Waals surface area contributed by atoms with Gasteiger partial charge in [0.1, 0.15) is 22.8 Å². The van der Waals surface area contributed by atoms with Gasteiger partial charge in [-0.2, -0.15) is 0 Å². The average Bonchev–Trinajstić information content (AvgIpc) is 3.20. The maximum atomic E-state index is 12.8. The van der Waals surface area contributed by atoms with E-state index >= 15 is 0 Å². The molecule has 30 heavy (non-hydrogen) atoms. The molecule has 1 aliphatic heterocycles. The normalized spacial score (nSPS) is 17.7. The van der Waals surface area contributed by atoms with Crippen molar-refractivity contribution in [3.63, 3.8) is 0 Å². The number of ether oxygens (including phenoxy) is 2. The number of hydrogen-bond donors (Lipinski definition) is 0. The third kappa shape index (κ3) is 5.79. The molecule has 0 N–H and O–H groups in total. The zero-order chi connectivity index (χ0) is 22.1. The molecule has 1 aliphatic rings. The molecule has 1 saturated heterocycles. The number of imidazole rings is 1. The van der Waals surface area contributed by atoms with Crippen LogP contribution in [0, 0.1) is 0 Å². The van der Waals surface area contributed by atoms with E-state index in [1.807, 2.05) is 25.3 Å². The molecule has 0 saturated carbocycles. The first-order chi connectivity index (χ1) is 13.9. The van der Waals surface area contributed by atoms with Gasteiger partial charge in [0, 0.05) is 21.2 Å². The summed E-state index contributed by atoms with van der Waals surface area (Å²) in [5.74, 6) is 0.750. The Morgan fingerprint density at radius 1 is 1.30 bits per heavy atom.